The Bertz CT molecular complexity index is 2200. The summed E-state index contributed by atoms with van der Waals surface area (Å²) in [6.45, 7) is 3.35. The molecule has 10 rings (SSSR count). The van der Waals surface area contributed by atoms with E-state index >= 15 is 0 Å². The van der Waals surface area contributed by atoms with Crippen LogP contribution in [0.3, 0.4) is 0 Å². The predicted molar refractivity (Wildman–Crippen MR) is 209 cm³/mol. The van der Waals surface area contributed by atoms with Gasteiger partial charge in [-0.1, -0.05) is 12.5 Å². The average molecular weight is 819 g/mol. The third-order valence-corrected chi connectivity index (χ3v) is 16.1. The standard InChI is InChI=1S/C44H54N2O13/c1-20-31(21(2)49)35(51)33-25(34(20)50)11-23(39(54)55)12-28(33)58-40-36(52)38(53)44(30(15-48)59-40)14-27-32-22(17-57-44)6-7-26(32)42(9-4-10-47)19-56-16-24-13-41-8-3-5-29(41)45-46-43(27,18-41)37(24)42/h7,11-12,24,27,29-30,36-38,40,45-48,50-53H,3-6,8-10,13-19H2,1-2H3,(H,54,55)/t24-,27+,29+,30+,36+,37-,38+,40+,41-,42-,43+,44+/m0/s1. The summed E-state index contributed by atoms with van der Waals surface area (Å²) in [5.41, 5.74) is 8.26. The van der Waals surface area contributed by atoms with E-state index in [9.17, 15) is 45.3 Å². The molecule has 4 heterocycles. The summed E-state index contributed by atoms with van der Waals surface area (Å²) in [7, 11) is 0. The number of hydrogen-bond acceptors (Lipinski definition) is 14. The number of ketones is 1. The zero-order valence-corrected chi connectivity index (χ0v) is 33.3. The van der Waals surface area contributed by atoms with E-state index in [0.29, 0.717) is 32.1 Å². The van der Waals surface area contributed by atoms with Crippen molar-refractivity contribution < 1.29 is 64.3 Å². The van der Waals surface area contributed by atoms with Gasteiger partial charge in [-0.2, -0.15) is 0 Å². The van der Waals surface area contributed by atoms with Gasteiger partial charge in [-0.25, -0.2) is 4.79 Å². The maximum atomic E-state index is 12.6. The van der Waals surface area contributed by atoms with E-state index in [4.69, 9.17) is 18.9 Å². The summed E-state index contributed by atoms with van der Waals surface area (Å²) in [6.07, 6.45) is 3.25. The van der Waals surface area contributed by atoms with E-state index in [1.54, 1.807) is 0 Å². The van der Waals surface area contributed by atoms with Crippen molar-refractivity contribution in [2.24, 2.45) is 28.6 Å². The quantitative estimate of drug-likeness (QED) is 0.138. The Morgan fingerprint density at radius 1 is 1.10 bits per heavy atom. The first kappa shape index (κ1) is 39.5. The molecule has 0 aromatic heterocycles. The van der Waals surface area contributed by atoms with Crippen molar-refractivity contribution in [3.8, 4) is 17.2 Å². The Morgan fingerprint density at radius 2 is 1.92 bits per heavy atom. The SMILES string of the molecule is CC(=O)c1c(C)c(O)c2cc(C(=O)O)cc(O[C@@H]3O[C@H](CO)[C@]4(C[C@@H]5C6=C(CC=C6[C@]6(CCCO)COC[C@@H]7C[C@]89CCC[C@H]8NN[C@@]5(C9)[C@@H]76)CO4)[C@H](O)[C@H]3O)c2c1O. The topological polar surface area (TPSA) is 237 Å². The van der Waals surface area contributed by atoms with Crippen LogP contribution in [-0.4, -0.2) is 122 Å². The first-order chi connectivity index (χ1) is 28.3. The van der Waals surface area contributed by atoms with E-state index in [2.05, 4.69) is 16.9 Å². The first-order valence-corrected chi connectivity index (χ1v) is 21.1. The van der Waals surface area contributed by atoms with Crippen LogP contribution in [0.4, 0.5) is 0 Å². The van der Waals surface area contributed by atoms with E-state index in [1.807, 2.05) is 0 Å². The van der Waals surface area contributed by atoms with Gasteiger partial charge < -0.3 is 54.7 Å². The maximum Gasteiger partial charge on any atom is 0.335 e. The number of benzene rings is 2. The van der Waals surface area contributed by atoms with Crippen molar-refractivity contribution in [2.45, 2.75) is 113 Å². The number of hydrogen-bond donors (Lipinski definition) is 9. The number of fused-ring (bicyclic) bond motifs is 2. The molecule has 15 nitrogen and oxygen atoms in total. The highest BCUT2D eigenvalue weighted by atomic mass is 16.7. The summed E-state index contributed by atoms with van der Waals surface area (Å²) in [5, 5.41) is 78.2. The lowest BCUT2D eigenvalue weighted by Crippen LogP contribution is -2.81. The minimum absolute atomic E-state index is 0.0290. The number of allylic oxidation sites excluding steroid dienone is 1. The van der Waals surface area contributed by atoms with Crippen LogP contribution in [0.2, 0.25) is 0 Å². The van der Waals surface area contributed by atoms with E-state index in [-0.39, 0.29) is 81.4 Å². The minimum Gasteiger partial charge on any atom is -0.507 e. The van der Waals surface area contributed by atoms with Gasteiger partial charge in [-0.15, -0.1) is 0 Å². The zero-order chi connectivity index (χ0) is 41.4. The molecule has 15 heteroatoms. The number of phenols is 2. The number of carbonyl (C=O) groups is 2. The largest absolute Gasteiger partial charge is 0.507 e. The molecule has 4 aliphatic heterocycles. The van der Waals surface area contributed by atoms with Crippen LogP contribution in [0.25, 0.3) is 10.8 Å². The molecular weight excluding hydrogens is 764 g/mol. The fourth-order valence-corrected chi connectivity index (χ4v) is 14.0. The molecule has 0 unspecified atom stereocenters. The Hall–Kier alpha value is -3.64. The summed E-state index contributed by atoms with van der Waals surface area (Å²) < 4.78 is 26.0. The molecule has 0 amide bonds. The number of aliphatic hydroxyl groups excluding tert-OH is 4. The lowest BCUT2D eigenvalue weighted by Gasteiger charge is -2.72. The van der Waals surface area contributed by atoms with Crippen LogP contribution in [-0.2, 0) is 14.2 Å². The van der Waals surface area contributed by atoms with Crippen molar-refractivity contribution in [1.82, 2.24) is 10.9 Å². The van der Waals surface area contributed by atoms with Gasteiger partial charge in [0.25, 0.3) is 0 Å². The molecule has 0 radical (unpaired) electrons. The second-order valence-electron chi connectivity index (χ2n) is 18.8. The number of hydrazine groups is 1. The van der Waals surface area contributed by atoms with Crippen LogP contribution in [0, 0.1) is 35.5 Å². The van der Waals surface area contributed by atoms with Gasteiger partial charge in [-0.3, -0.25) is 15.6 Å². The van der Waals surface area contributed by atoms with Crippen LogP contribution in [0.15, 0.2) is 34.9 Å². The molecule has 2 aromatic carbocycles. The molecule has 4 aliphatic carbocycles. The van der Waals surface area contributed by atoms with Crippen molar-refractivity contribution >= 4 is 22.5 Å². The smallest absolute Gasteiger partial charge is 0.335 e. The average Bonchev–Trinajstić information content (AvgIpc) is 3.78. The lowest BCUT2D eigenvalue weighted by molar-refractivity contribution is -0.327. The van der Waals surface area contributed by atoms with Gasteiger partial charge in [0.2, 0.25) is 6.29 Å². The van der Waals surface area contributed by atoms with Gasteiger partial charge in [-0.05, 0) is 111 Å². The molecule has 2 aromatic rings. The fraction of sp³-hybridized carbons (Fsp3) is 0.636. The second kappa shape index (κ2) is 13.7. The number of nitrogens with one attached hydrogen (secondary N) is 2. The number of rotatable bonds is 8. The third-order valence-electron chi connectivity index (χ3n) is 16.1. The number of carboxylic acids is 1. The van der Waals surface area contributed by atoms with Gasteiger partial charge in [0, 0.05) is 47.1 Å². The van der Waals surface area contributed by atoms with E-state index in [1.165, 1.54) is 25.0 Å². The molecule has 9 N–H and O–H groups in total. The molecule has 8 aliphatic rings. The molecule has 2 bridgehead atoms. The number of aliphatic hydroxyl groups is 4. The highest BCUT2D eigenvalue weighted by Gasteiger charge is 2.74. The normalized spacial score (nSPS) is 40.6. The molecule has 3 saturated carbocycles. The highest BCUT2D eigenvalue weighted by molar-refractivity contribution is 6.11. The molecule has 12 atom stereocenters. The second-order valence-corrected chi connectivity index (χ2v) is 18.8. The van der Waals surface area contributed by atoms with Crippen LogP contribution >= 0.6 is 0 Å². The molecular formula is C44H54N2O13. The van der Waals surface area contributed by atoms with Crippen molar-refractivity contribution in [1.29, 1.82) is 0 Å². The first-order valence-electron chi connectivity index (χ1n) is 21.1. The van der Waals surface area contributed by atoms with Gasteiger partial charge in [0.15, 0.2) is 5.78 Å². The predicted octanol–water partition coefficient (Wildman–Crippen LogP) is 2.89. The van der Waals surface area contributed by atoms with Crippen molar-refractivity contribution in [3.63, 3.8) is 0 Å². The number of Topliss-reactive ketones (excluding diaryl/α,β-unsaturated/α-hetero) is 1. The number of carboxylic acid groups (broad SMARTS) is 1. The Labute approximate surface area is 341 Å². The van der Waals surface area contributed by atoms with E-state index in [0.717, 1.165) is 56.2 Å². The summed E-state index contributed by atoms with van der Waals surface area (Å²) in [4.78, 5) is 24.9. The summed E-state index contributed by atoms with van der Waals surface area (Å²) >= 11 is 0. The van der Waals surface area contributed by atoms with Gasteiger partial charge >= 0.3 is 5.97 Å². The lowest BCUT2D eigenvalue weighted by atomic mass is 9.39. The number of aromatic carboxylic acids is 1. The molecule has 3 saturated heterocycles. The number of carbonyl (C=O) groups excluding carboxylic acids is 1. The number of phenolic OH excluding ortho intramolecular Hbond substituents is 2. The monoisotopic (exact) mass is 818 g/mol. The molecule has 318 valence electrons. The van der Waals surface area contributed by atoms with Crippen LogP contribution in [0.1, 0.15) is 91.0 Å². The molecule has 59 heavy (non-hydrogen) atoms. The fourth-order valence-electron chi connectivity index (χ4n) is 14.0. The molecule has 3 spiro atoms. The maximum absolute atomic E-state index is 12.6. The zero-order valence-electron chi connectivity index (χ0n) is 33.3. The Kier molecular flexibility index (Phi) is 9.16. The summed E-state index contributed by atoms with van der Waals surface area (Å²) in [5.74, 6) is -3.15. The van der Waals surface area contributed by atoms with Gasteiger partial charge in [0.1, 0.15) is 41.2 Å². The van der Waals surface area contributed by atoms with Crippen molar-refractivity contribution in [2.75, 3.05) is 33.0 Å². The summed E-state index contributed by atoms with van der Waals surface area (Å²) in [6, 6.07) is 2.53. The molecule has 6 fully saturated rings. The van der Waals surface area contributed by atoms with Crippen molar-refractivity contribution in [3.05, 3.63) is 51.6 Å². The van der Waals surface area contributed by atoms with Crippen LogP contribution < -0.4 is 15.6 Å². The third kappa shape index (κ3) is 5.26. The van der Waals surface area contributed by atoms with Gasteiger partial charge in [0.05, 0.1) is 36.3 Å². The Morgan fingerprint density at radius 3 is 2.66 bits per heavy atom. The van der Waals surface area contributed by atoms with E-state index < -0.39 is 65.6 Å². The minimum atomic E-state index is -1.81. The number of aromatic hydroxyl groups is 2. The highest BCUT2D eigenvalue weighted by Crippen LogP contribution is 2.72. The Balaban J connectivity index is 1.06. The van der Waals surface area contributed by atoms with Crippen LogP contribution in [0.5, 0.6) is 17.2 Å². The number of ether oxygens (including phenoxy) is 4.